The molecule has 0 amide bonds. The van der Waals surface area contributed by atoms with Crippen LogP contribution in [0.3, 0.4) is 0 Å². The van der Waals surface area contributed by atoms with Crippen LogP contribution in [-0.4, -0.2) is 20.7 Å². The van der Waals surface area contributed by atoms with E-state index in [2.05, 4.69) is 36.0 Å². The second-order valence-electron chi connectivity index (χ2n) is 6.15. The van der Waals surface area contributed by atoms with E-state index < -0.39 is 0 Å². The van der Waals surface area contributed by atoms with Gasteiger partial charge in [0.1, 0.15) is 0 Å². The summed E-state index contributed by atoms with van der Waals surface area (Å²) in [5.41, 5.74) is 2.11. The van der Waals surface area contributed by atoms with Crippen LogP contribution in [0.15, 0.2) is 59.0 Å². The Bertz CT molecular complexity index is 872. The van der Waals surface area contributed by atoms with Crippen LogP contribution in [0.25, 0.3) is 11.5 Å². The van der Waals surface area contributed by atoms with Gasteiger partial charge in [0.05, 0.1) is 6.67 Å². The highest BCUT2D eigenvalue weighted by molar-refractivity contribution is 7.71. The van der Waals surface area contributed by atoms with Crippen molar-refractivity contribution in [2.75, 3.05) is 0 Å². The average Bonchev–Trinajstić information content (AvgIpc) is 2.96. The van der Waals surface area contributed by atoms with Crippen molar-refractivity contribution in [1.82, 2.24) is 14.7 Å². The highest BCUT2D eigenvalue weighted by atomic mass is 35.5. The molecule has 1 aromatic heterocycles. The predicted molar refractivity (Wildman–Crippen MR) is 103 cm³/mol. The summed E-state index contributed by atoms with van der Waals surface area (Å²) in [4.78, 5) is 2.66. The Morgan fingerprint density at radius 1 is 1.12 bits per heavy atom. The molecule has 0 atom stereocenters. The van der Waals surface area contributed by atoms with Gasteiger partial charge < -0.3 is 4.42 Å². The van der Waals surface area contributed by atoms with E-state index in [0.29, 0.717) is 28.5 Å². The molecule has 25 heavy (non-hydrogen) atoms. The SMILES string of the molecule is CC(C)N(Cc1ccccc1)Cn1nc(-c2ccc(Cl)cc2)oc1=S. The van der Waals surface area contributed by atoms with Gasteiger partial charge >= 0.3 is 0 Å². The first-order valence-corrected chi connectivity index (χ1v) is 8.93. The quantitative estimate of drug-likeness (QED) is 0.542. The molecule has 2 aromatic carbocycles. The van der Waals surface area contributed by atoms with Crippen LogP contribution in [0, 0.1) is 4.84 Å². The molecule has 0 spiro atoms. The molecule has 130 valence electrons. The van der Waals surface area contributed by atoms with Crippen molar-refractivity contribution in [3.63, 3.8) is 0 Å². The zero-order valence-corrected chi connectivity index (χ0v) is 15.8. The molecular weight excluding hydrogens is 354 g/mol. The van der Waals surface area contributed by atoms with Crippen molar-refractivity contribution < 1.29 is 4.42 Å². The van der Waals surface area contributed by atoms with Gasteiger partial charge in [0.15, 0.2) is 0 Å². The molecule has 0 radical (unpaired) electrons. The van der Waals surface area contributed by atoms with Crippen molar-refractivity contribution in [3.05, 3.63) is 70.0 Å². The van der Waals surface area contributed by atoms with Gasteiger partial charge in [-0.25, -0.2) is 4.68 Å². The van der Waals surface area contributed by atoms with Crippen LogP contribution in [0.1, 0.15) is 19.4 Å². The minimum atomic E-state index is 0.345. The molecule has 0 unspecified atom stereocenters. The van der Waals surface area contributed by atoms with Crippen LogP contribution < -0.4 is 0 Å². The third-order valence-corrected chi connectivity index (χ3v) is 4.52. The molecule has 0 saturated heterocycles. The standard InChI is InChI=1S/C19H20ClN3OS/c1-14(2)22(12-15-6-4-3-5-7-15)13-23-19(25)24-18(21-23)16-8-10-17(20)11-9-16/h3-11,14H,12-13H2,1-2H3. The Morgan fingerprint density at radius 3 is 2.44 bits per heavy atom. The van der Waals surface area contributed by atoms with E-state index in [0.717, 1.165) is 12.1 Å². The molecular formula is C19H20ClN3OS. The fraction of sp³-hybridized carbons (Fsp3) is 0.263. The molecule has 0 N–H and O–H groups in total. The fourth-order valence-electron chi connectivity index (χ4n) is 2.49. The third kappa shape index (κ3) is 4.57. The summed E-state index contributed by atoms with van der Waals surface area (Å²) >= 11 is 11.3. The minimum Gasteiger partial charge on any atom is -0.409 e. The Morgan fingerprint density at radius 2 is 1.80 bits per heavy atom. The van der Waals surface area contributed by atoms with Crippen LogP contribution in [-0.2, 0) is 13.2 Å². The summed E-state index contributed by atoms with van der Waals surface area (Å²) in [5, 5.41) is 5.21. The summed E-state index contributed by atoms with van der Waals surface area (Å²) in [6.07, 6.45) is 0. The first-order valence-electron chi connectivity index (χ1n) is 8.15. The van der Waals surface area contributed by atoms with Gasteiger partial charge in [-0.3, -0.25) is 4.90 Å². The van der Waals surface area contributed by atoms with E-state index in [1.54, 1.807) is 4.68 Å². The second kappa shape index (κ2) is 7.95. The second-order valence-corrected chi connectivity index (χ2v) is 6.93. The predicted octanol–water partition coefficient (Wildman–Crippen LogP) is 5.39. The van der Waals surface area contributed by atoms with Crippen molar-refractivity contribution in [3.8, 4) is 11.5 Å². The van der Waals surface area contributed by atoms with Gasteiger partial charge in [0.2, 0.25) is 5.89 Å². The summed E-state index contributed by atoms with van der Waals surface area (Å²) in [6, 6.07) is 18.1. The smallest absolute Gasteiger partial charge is 0.288 e. The Hall–Kier alpha value is -1.95. The van der Waals surface area contributed by atoms with Gasteiger partial charge in [-0.15, -0.1) is 5.10 Å². The molecule has 0 aliphatic carbocycles. The van der Waals surface area contributed by atoms with Crippen molar-refractivity contribution >= 4 is 23.8 Å². The van der Waals surface area contributed by atoms with E-state index in [4.69, 9.17) is 28.2 Å². The van der Waals surface area contributed by atoms with Gasteiger partial charge in [-0.2, -0.15) is 0 Å². The van der Waals surface area contributed by atoms with E-state index >= 15 is 0 Å². The maximum Gasteiger partial charge on any atom is 0.288 e. The third-order valence-electron chi connectivity index (χ3n) is 3.97. The topological polar surface area (TPSA) is 34.2 Å². The highest BCUT2D eigenvalue weighted by Crippen LogP contribution is 2.21. The average molecular weight is 374 g/mol. The van der Waals surface area contributed by atoms with Gasteiger partial charge in [-0.05, 0) is 55.9 Å². The van der Waals surface area contributed by atoms with E-state index in [1.165, 1.54) is 5.56 Å². The van der Waals surface area contributed by atoms with Gasteiger partial charge in [0.25, 0.3) is 4.84 Å². The summed E-state index contributed by atoms with van der Waals surface area (Å²) in [5.74, 6) is 0.505. The zero-order chi connectivity index (χ0) is 17.8. The van der Waals surface area contributed by atoms with Crippen molar-refractivity contribution in [1.29, 1.82) is 0 Å². The number of aromatic nitrogens is 2. The van der Waals surface area contributed by atoms with Crippen LogP contribution in [0.4, 0.5) is 0 Å². The lowest BCUT2D eigenvalue weighted by Gasteiger charge is -2.25. The first-order chi connectivity index (χ1) is 12.0. The molecule has 3 rings (SSSR count). The molecule has 0 aliphatic rings. The Kier molecular flexibility index (Phi) is 5.68. The van der Waals surface area contributed by atoms with Crippen molar-refractivity contribution in [2.45, 2.75) is 33.1 Å². The molecule has 4 nitrogen and oxygen atoms in total. The van der Waals surface area contributed by atoms with E-state index in [9.17, 15) is 0 Å². The van der Waals surface area contributed by atoms with E-state index in [-0.39, 0.29) is 0 Å². The Labute approximate surface area is 157 Å². The Balaban J connectivity index is 1.80. The number of rotatable bonds is 6. The normalized spacial score (nSPS) is 11.4. The fourth-order valence-corrected chi connectivity index (χ4v) is 2.79. The van der Waals surface area contributed by atoms with Crippen LogP contribution >= 0.6 is 23.8 Å². The highest BCUT2D eigenvalue weighted by Gasteiger charge is 2.15. The number of halogens is 1. The summed E-state index contributed by atoms with van der Waals surface area (Å²) in [7, 11) is 0. The summed E-state index contributed by atoms with van der Waals surface area (Å²) < 4.78 is 7.39. The lowest BCUT2D eigenvalue weighted by molar-refractivity contribution is 0.151. The molecule has 6 heteroatoms. The van der Waals surface area contributed by atoms with E-state index in [1.807, 2.05) is 42.5 Å². The monoisotopic (exact) mass is 373 g/mol. The molecule has 3 aromatic rings. The lowest BCUT2D eigenvalue weighted by Crippen LogP contribution is -2.32. The number of benzene rings is 2. The molecule has 0 saturated carbocycles. The van der Waals surface area contributed by atoms with Gasteiger partial charge in [-0.1, -0.05) is 41.9 Å². The number of hydrogen-bond donors (Lipinski definition) is 0. The number of hydrogen-bond acceptors (Lipinski definition) is 4. The summed E-state index contributed by atoms with van der Waals surface area (Å²) in [6.45, 7) is 5.71. The first kappa shape index (κ1) is 17.9. The molecule has 0 bridgehead atoms. The maximum atomic E-state index is 5.93. The lowest BCUT2D eigenvalue weighted by atomic mass is 10.2. The van der Waals surface area contributed by atoms with Crippen molar-refractivity contribution in [2.24, 2.45) is 0 Å². The molecule has 0 fully saturated rings. The zero-order valence-electron chi connectivity index (χ0n) is 14.2. The number of nitrogens with zero attached hydrogens (tertiary/aromatic N) is 3. The van der Waals surface area contributed by atoms with Crippen LogP contribution in [0.2, 0.25) is 5.02 Å². The maximum absolute atomic E-state index is 5.93. The van der Waals surface area contributed by atoms with Crippen LogP contribution in [0.5, 0.6) is 0 Å². The molecule has 0 aliphatic heterocycles. The van der Waals surface area contributed by atoms with Gasteiger partial charge in [0, 0.05) is 23.2 Å². The molecule has 1 heterocycles. The largest absolute Gasteiger partial charge is 0.409 e. The minimum absolute atomic E-state index is 0.345.